The highest BCUT2D eigenvalue weighted by Gasteiger charge is 2.28. The summed E-state index contributed by atoms with van der Waals surface area (Å²) in [7, 11) is 0. The van der Waals surface area contributed by atoms with Crippen molar-refractivity contribution in [2.45, 2.75) is 18.9 Å². The van der Waals surface area contributed by atoms with Gasteiger partial charge in [0.15, 0.2) is 0 Å². The van der Waals surface area contributed by atoms with Crippen LogP contribution in [0.4, 0.5) is 0 Å². The number of fused-ring (bicyclic) bond motifs is 1. The van der Waals surface area contributed by atoms with Crippen molar-refractivity contribution in [1.29, 1.82) is 0 Å². The molecular formula is C15H16NO+. The quantitative estimate of drug-likeness (QED) is 0.745. The molecule has 1 aliphatic carbocycles. The van der Waals surface area contributed by atoms with Crippen molar-refractivity contribution < 1.29 is 10.4 Å². The van der Waals surface area contributed by atoms with Crippen molar-refractivity contribution >= 4 is 0 Å². The summed E-state index contributed by atoms with van der Waals surface area (Å²) in [4.78, 5) is 0. The second kappa shape index (κ2) is 3.99. The van der Waals surface area contributed by atoms with Crippen molar-refractivity contribution in [1.82, 2.24) is 0 Å². The van der Waals surface area contributed by atoms with Crippen LogP contribution in [0.15, 0.2) is 60.0 Å². The highest BCUT2D eigenvalue weighted by molar-refractivity contribution is 5.46. The molecule has 2 heteroatoms. The molecule has 1 heterocycles. The minimum absolute atomic E-state index is 0.0751. The molecule has 0 amide bonds. The maximum absolute atomic E-state index is 10.2. The molecule has 0 bridgehead atoms. The number of rotatable bonds is 1. The Balaban J connectivity index is 2.01. The molecule has 3 N–H and O–H groups in total. The van der Waals surface area contributed by atoms with E-state index in [1.54, 1.807) is 0 Å². The Morgan fingerprint density at radius 1 is 1.18 bits per heavy atom. The number of quaternary nitrogens is 1. The standard InChI is InChI=1S/C15H15NO/c1-10-4-2-3-5-12(10)13-9-14-11(6-7-16-14)8-15(13)17/h2-9,13,15-17H,1H3/p+1. The Hall–Kier alpha value is -1.64. The van der Waals surface area contributed by atoms with Crippen LogP contribution in [0, 0.1) is 6.92 Å². The van der Waals surface area contributed by atoms with Gasteiger partial charge in [0.2, 0.25) is 0 Å². The molecule has 0 saturated heterocycles. The molecule has 2 unspecified atom stereocenters. The summed E-state index contributed by atoms with van der Waals surface area (Å²) in [5, 5.41) is 12.3. The molecule has 1 aromatic rings. The first-order chi connectivity index (χ1) is 8.25. The van der Waals surface area contributed by atoms with Crippen molar-refractivity contribution in [2.24, 2.45) is 0 Å². The summed E-state index contributed by atoms with van der Waals surface area (Å²) in [6.45, 7) is 2.09. The molecule has 2 aliphatic rings. The van der Waals surface area contributed by atoms with Gasteiger partial charge in [-0.25, -0.2) is 0 Å². The van der Waals surface area contributed by atoms with Gasteiger partial charge in [-0.2, -0.15) is 0 Å². The number of hydrogen-bond donors (Lipinski definition) is 2. The fourth-order valence-electron chi connectivity index (χ4n) is 2.57. The third-order valence-corrected chi connectivity index (χ3v) is 3.51. The zero-order chi connectivity index (χ0) is 11.8. The lowest BCUT2D eigenvalue weighted by Crippen LogP contribution is -2.74. The molecule has 1 aliphatic heterocycles. The van der Waals surface area contributed by atoms with E-state index in [9.17, 15) is 5.11 Å². The summed E-state index contributed by atoms with van der Waals surface area (Å²) in [5.41, 5.74) is 4.81. The van der Waals surface area contributed by atoms with Gasteiger partial charge >= 0.3 is 0 Å². The van der Waals surface area contributed by atoms with Crippen LogP contribution in [0.1, 0.15) is 17.0 Å². The lowest BCUT2D eigenvalue weighted by Gasteiger charge is -2.23. The van der Waals surface area contributed by atoms with Crippen LogP contribution in [-0.2, 0) is 0 Å². The van der Waals surface area contributed by atoms with Crippen molar-refractivity contribution in [3.63, 3.8) is 0 Å². The molecule has 3 rings (SSSR count). The SMILES string of the molecule is Cc1ccccc1C1C=C2[NH2+]C=CC2=CC1O. The maximum Gasteiger partial charge on any atom is 0.138 e. The Morgan fingerprint density at radius 3 is 2.82 bits per heavy atom. The van der Waals surface area contributed by atoms with Gasteiger partial charge in [-0.15, -0.1) is 0 Å². The lowest BCUT2D eigenvalue weighted by molar-refractivity contribution is -0.525. The first kappa shape index (κ1) is 10.5. The van der Waals surface area contributed by atoms with Crippen LogP contribution in [0.5, 0.6) is 0 Å². The van der Waals surface area contributed by atoms with Gasteiger partial charge in [-0.1, -0.05) is 24.3 Å². The molecule has 0 fully saturated rings. The van der Waals surface area contributed by atoms with Gasteiger partial charge in [0, 0.05) is 17.6 Å². The Morgan fingerprint density at radius 2 is 2.00 bits per heavy atom. The number of aliphatic hydroxyl groups is 1. The Kier molecular flexibility index (Phi) is 2.46. The molecule has 0 saturated carbocycles. The normalized spacial score (nSPS) is 26.5. The van der Waals surface area contributed by atoms with E-state index in [0.717, 1.165) is 5.57 Å². The Labute approximate surface area is 101 Å². The predicted octanol–water partition coefficient (Wildman–Crippen LogP) is 1.35. The zero-order valence-corrected chi connectivity index (χ0v) is 9.80. The second-order valence-electron chi connectivity index (χ2n) is 4.64. The van der Waals surface area contributed by atoms with E-state index in [2.05, 4.69) is 30.4 Å². The average molecular weight is 226 g/mol. The van der Waals surface area contributed by atoms with Crippen molar-refractivity contribution in [3.8, 4) is 0 Å². The third kappa shape index (κ3) is 1.75. The first-order valence-electron chi connectivity index (χ1n) is 5.95. The van der Waals surface area contributed by atoms with Crippen LogP contribution in [0.3, 0.4) is 0 Å². The molecule has 17 heavy (non-hydrogen) atoms. The largest absolute Gasteiger partial charge is 0.388 e. The summed E-state index contributed by atoms with van der Waals surface area (Å²) < 4.78 is 0. The van der Waals surface area contributed by atoms with E-state index < -0.39 is 6.10 Å². The third-order valence-electron chi connectivity index (χ3n) is 3.51. The van der Waals surface area contributed by atoms with Gasteiger partial charge in [0.25, 0.3) is 0 Å². The highest BCUT2D eigenvalue weighted by atomic mass is 16.3. The molecule has 2 nitrogen and oxygen atoms in total. The van der Waals surface area contributed by atoms with E-state index in [0.29, 0.717) is 0 Å². The van der Waals surface area contributed by atoms with Gasteiger partial charge in [-0.3, -0.25) is 5.32 Å². The number of hydrogen-bond acceptors (Lipinski definition) is 1. The van der Waals surface area contributed by atoms with Crippen molar-refractivity contribution in [3.05, 3.63) is 71.1 Å². The summed E-state index contributed by atoms with van der Waals surface area (Å²) >= 11 is 0. The minimum Gasteiger partial charge on any atom is -0.388 e. The van der Waals surface area contributed by atoms with E-state index in [1.165, 1.54) is 16.8 Å². The van der Waals surface area contributed by atoms with Gasteiger partial charge in [0.05, 0.1) is 12.3 Å². The number of benzene rings is 1. The number of nitrogens with two attached hydrogens (primary N) is 1. The summed E-state index contributed by atoms with van der Waals surface area (Å²) in [6.07, 6.45) is 7.77. The molecule has 1 aromatic carbocycles. The zero-order valence-electron chi connectivity index (χ0n) is 9.80. The highest BCUT2D eigenvalue weighted by Crippen LogP contribution is 2.31. The van der Waals surface area contributed by atoms with Crippen LogP contribution >= 0.6 is 0 Å². The number of aliphatic hydroxyl groups excluding tert-OH is 1. The molecular weight excluding hydrogens is 210 g/mol. The fraction of sp³-hybridized carbons (Fsp3) is 0.200. The van der Waals surface area contributed by atoms with Crippen LogP contribution in [0.2, 0.25) is 0 Å². The van der Waals surface area contributed by atoms with Crippen molar-refractivity contribution in [2.75, 3.05) is 0 Å². The molecule has 86 valence electrons. The van der Waals surface area contributed by atoms with Gasteiger partial charge in [-0.05, 0) is 30.2 Å². The monoisotopic (exact) mass is 226 g/mol. The molecule has 0 radical (unpaired) electrons. The van der Waals surface area contributed by atoms with Gasteiger partial charge < -0.3 is 5.11 Å². The Bertz CT molecular complexity index is 540. The molecule has 0 aromatic heterocycles. The predicted molar refractivity (Wildman–Crippen MR) is 67.2 cm³/mol. The molecule has 0 spiro atoms. The first-order valence-corrected chi connectivity index (χ1v) is 5.95. The van der Waals surface area contributed by atoms with Crippen LogP contribution in [0.25, 0.3) is 0 Å². The average Bonchev–Trinajstić information content (AvgIpc) is 2.76. The van der Waals surface area contributed by atoms with Crippen LogP contribution in [-0.4, -0.2) is 11.2 Å². The van der Waals surface area contributed by atoms with E-state index >= 15 is 0 Å². The lowest BCUT2D eigenvalue weighted by atomic mass is 9.85. The summed E-state index contributed by atoms with van der Waals surface area (Å²) in [5.74, 6) is 0.0751. The van der Waals surface area contributed by atoms with E-state index in [-0.39, 0.29) is 5.92 Å². The van der Waals surface area contributed by atoms with Gasteiger partial charge in [0.1, 0.15) is 5.70 Å². The maximum atomic E-state index is 10.2. The fourth-order valence-corrected chi connectivity index (χ4v) is 2.57. The van der Waals surface area contributed by atoms with E-state index in [1.807, 2.05) is 30.5 Å². The van der Waals surface area contributed by atoms with E-state index in [4.69, 9.17) is 0 Å². The molecule has 2 atom stereocenters. The second-order valence-corrected chi connectivity index (χ2v) is 4.64. The summed E-state index contributed by atoms with van der Waals surface area (Å²) in [6, 6.07) is 8.26. The topological polar surface area (TPSA) is 36.8 Å². The van der Waals surface area contributed by atoms with Crippen LogP contribution < -0.4 is 5.32 Å². The minimum atomic E-state index is -0.425. The smallest absolute Gasteiger partial charge is 0.138 e. The number of aryl methyl sites for hydroxylation is 1. The number of allylic oxidation sites excluding steroid dienone is 1.